The number of piperazine rings is 1. The molecule has 0 aromatic heterocycles. The summed E-state index contributed by atoms with van der Waals surface area (Å²) in [4.78, 5) is 15.1. The van der Waals surface area contributed by atoms with Crippen molar-refractivity contribution in [2.24, 2.45) is 5.92 Å². The van der Waals surface area contributed by atoms with Gasteiger partial charge in [0.1, 0.15) is 0 Å². The minimum atomic E-state index is -0.355. The Morgan fingerprint density at radius 1 is 1.05 bits per heavy atom. The lowest BCUT2D eigenvalue weighted by atomic mass is 10.0. The van der Waals surface area contributed by atoms with Crippen LogP contribution < -0.4 is 4.90 Å². The Hall–Kier alpha value is -1.62. The van der Waals surface area contributed by atoms with E-state index in [1.54, 1.807) is 12.1 Å². The molecule has 1 atom stereocenters. The van der Waals surface area contributed by atoms with E-state index in [4.69, 9.17) is 0 Å². The van der Waals surface area contributed by atoms with E-state index in [0.717, 1.165) is 31.9 Å². The second-order valence-corrected chi connectivity index (χ2v) is 5.78. The van der Waals surface area contributed by atoms with Gasteiger partial charge in [0.25, 0.3) is 5.69 Å². The minimum Gasteiger partial charge on any atom is -0.369 e. The van der Waals surface area contributed by atoms with Crippen molar-refractivity contribution in [2.45, 2.75) is 26.8 Å². The van der Waals surface area contributed by atoms with Crippen LogP contribution in [0.2, 0.25) is 0 Å². The molecule has 1 aliphatic heterocycles. The molecule has 0 spiro atoms. The highest BCUT2D eigenvalue weighted by Gasteiger charge is 2.23. The first-order valence-electron chi connectivity index (χ1n) is 7.22. The van der Waals surface area contributed by atoms with Gasteiger partial charge in [-0.2, -0.15) is 0 Å². The molecule has 1 unspecified atom stereocenters. The van der Waals surface area contributed by atoms with Gasteiger partial charge in [0.05, 0.1) is 4.92 Å². The van der Waals surface area contributed by atoms with Gasteiger partial charge in [0.15, 0.2) is 0 Å². The number of hydrogen-bond acceptors (Lipinski definition) is 4. The molecule has 110 valence electrons. The summed E-state index contributed by atoms with van der Waals surface area (Å²) in [5.74, 6) is 0.668. The quantitative estimate of drug-likeness (QED) is 0.627. The van der Waals surface area contributed by atoms with Crippen LogP contribution in [0.3, 0.4) is 0 Å². The number of non-ortho nitro benzene ring substituents is 1. The number of nitro groups is 1. The summed E-state index contributed by atoms with van der Waals surface area (Å²) in [5.41, 5.74) is 1.23. The lowest BCUT2D eigenvalue weighted by molar-refractivity contribution is -0.384. The second-order valence-electron chi connectivity index (χ2n) is 5.78. The van der Waals surface area contributed by atoms with Gasteiger partial charge >= 0.3 is 0 Å². The molecule has 20 heavy (non-hydrogen) atoms. The summed E-state index contributed by atoms with van der Waals surface area (Å²) < 4.78 is 0. The van der Waals surface area contributed by atoms with E-state index in [9.17, 15) is 10.1 Å². The van der Waals surface area contributed by atoms with Gasteiger partial charge in [-0.05, 0) is 25.0 Å². The summed E-state index contributed by atoms with van der Waals surface area (Å²) in [5, 5.41) is 10.7. The summed E-state index contributed by atoms with van der Waals surface area (Å²) in [7, 11) is 0. The van der Waals surface area contributed by atoms with Gasteiger partial charge in [0, 0.05) is 50.0 Å². The fourth-order valence-corrected chi connectivity index (χ4v) is 2.59. The molecular weight excluding hydrogens is 254 g/mol. The highest BCUT2D eigenvalue weighted by Crippen LogP contribution is 2.22. The molecule has 1 aromatic carbocycles. The first kappa shape index (κ1) is 14.8. The average Bonchev–Trinajstić information content (AvgIpc) is 2.46. The lowest BCUT2D eigenvalue weighted by Gasteiger charge is -2.40. The molecule has 0 saturated carbocycles. The molecule has 1 fully saturated rings. The molecule has 0 amide bonds. The second kappa shape index (κ2) is 6.22. The van der Waals surface area contributed by atoms with E-state index in [1.165, 1.54) is 0 Å². The monoisotopic (exact) mass is 277 g/mol. The molecule has 0 radical (unpaired) electrons. The number of nitro benzene ring substituents is 1. The molecule has 5 heteroatoms. The van der Waals surface area contributed by atoms with E-state index < -0.39 is 0 Å². The predicted molar refractivity (Wildman–Crippen MR) is 81.2 cm³/mol. The van der Waals surface area contributed by atoms with E-state index in [0.29, 0.717) is 12.0 Å². The first-order chi connectivity index (χ1) is 9.49. The average molecular weight is 277 g/mol. The topological polar surface area (TPSA) is 49.6 Å². The van der Waals surface area contributed by atoms with E-state index in [2.05, 4.69) is 30.6 Å². The summed E-state index contributed by atoms with van der Waals surface area (Å²) >= 11 is 0. The fourth-order valence-electron chi connectivity index (χ4n) is 2.59. The summed E-state index contributed by atoms with van der Waals surface area (Å²) in [6.07, 6.45) is 0. The highest BCUT2D eigenvalue weighted by molar-refractivity contribution is 5.51. The van der Waals surface area contributed by atoms with Gasteiger partial charge in [-0.25, -0.2) is 0 Å². The first-order valence-corrected chi connectivity index (χ1v) is 7.22. The number of rotatable bonds is 4. The number of nitrogens with zero attached hydrogens (tertiary/aromatic N) is 3. The maximum absolute atomic E-state index is 10.7. The Bertz CT molecular complexity index is 451. The predicted octanol–water partition coefficient (Wildman–Crippen LogP) is 2.76. The third-order valence-electron chi connectivity index (χ3n) is 4.28. The molecule has 0 aliphatic carbocycles. The van der Waals surface area contributed by atoms with Crippen LogP contribution in [-0.2, 0) is 0 Å². The highest BCUT2D eigenvalue weighted by atomic mass is 16.6. The summed E-state index contributed by atoms with van der Waals surface area (Å²) in [6.45, 7) is 10.9. The van der Waals surface area contributed by atoms with E-state index in [-0.39, 0.29) is 10.6 Å². The summed E-state index contributed by atoms with van der Waals surface area (Å²) in [6, 6.07) is 7.46. The van der Waals surface area contributed by atoms with Gasteiger partial charge in [-0.1, -0.05) is 13.8 Å². The SMILES string of the molecule is CC(C)C(C)N1CCN(c2ccc([N+](=O)[O-])cc2)CC1. The molecule has 1 aliphatic rings. The van der Waals surface area contributed by atoms with Gasteiger partial charge in [0.2, 0.25) is 0 Å². The van der Waals surface area contributed by atoms with Crippen LogP contribution in [0.25, 0.3) is 0 Å². The lowest BCUT2D eigenvalue weighted by Crippen LogP contribution is -2.50. The molecule has 0 bridgehead atoms. The van der Waals surface area contributed by atoms with Crippen LogP contribution in [-0.4, -0.2) is 42.0 Å². The smallest absolute Gasteiger partial charge is 0.269 e. The largest absolute Gasteiger partial charge is 0.369 e. The Labute approximate surface area is 120 Å². The van der Waals surface area contributed by atoms with Crippen LogP contribution in [0.1, 0.15) is 20.8 Å². The zero-order valence-corrected chi connectivity index (χ0v) is 12.5. The third kappa shape index (κ3) is 3.28. The molecule has 5 nitrogen and oxygen atoms in total. The van der Waals surface area contributed by atoms with E-state index in [1.807, 2.05) is 12.1 Å². The van der Waals surface area contributed by atoms with Gasteiger partial charge in [-0.3, -0.25) is 15.0 Å². The van der Waals surface area contributed by atoms with Crippen LogP contribution in [0.5, 0.6) is 0 Å². The molecular formula is C15H23N3O2. The third-order valence-corrected chi connectivity index (χ3v) is 4.28. The fraction of sp³-hybridized carbons (Fsp3) is 0.600. The van der Waals surface area contributed by atoms with Crippen molar-refractivity contribution in [2.75, 3.05) is 31.1 Å². The Kier molecular flexibility index (Phi) is 4.60. The minimum absolute atomic E-state index is 0.154. The molecule has 1 aromatic rings. The van der Waals surface area contributed by atoms with Crippen molar-refractivity contribution >= 4 is 11.4 Å². The maximum atomic E-state index is 10.7. The van der Waals surface area contributed by atoms with Crippen LogP contribution in [0.4, 0.5) is 11.4 Å². The Morgan fingerprint density at radius 3 is 2.05 bits per heavy atom. The van der Waals surface area contributed by atoms with Crippen molar-refractivity contribution < 1.29 is 4.92 Å². The number of benzene rings is 1. The van der Waals surface area contributed by atoms with Gasteiger partial charge in [-0.15, -0.1) is 0 Å². The normalized spacial score (nSPS) is 18.3. The number of anilines is 1. The van der Waals surface area contributed by atoms with Crippen molar-refractivity contribution in [3.05, 3.63) is 34.4 Å². The van der Waals surface area contributed by atoms with Crippen molar-refractivity contribution in [1.82, 2.24) is 4.90 Å². The van der Waals surface area contributed by atoms with Crippen LogP contribution in [0.15, 0.2) is 24.3 Å². The maximum Gasteiger partial charge on any atom is 0.269 e. The molecule has 2 rings (SSSR count). The van der Waals surface area contributed by atoms with Crippen molar-refractivity contribution in [1.29, 1.82) is 0 Å². The van der Waals surface area contributed by atoms with Crippen molar-refractivity contribution in [3.63, 3.8) is 0 Å². The van der Waals surface area contributed by atoms with Gasteiger partial charge < -0.3 is 4.90 Å². The molecule has 1 saturated heterocycles. The zero-order valence-electron chi connectivity index (χ0n) is 12.5. The van der Waals surface area contributed by atoms with Crippen LogP contribution in [0, 0.1) is 16.0 Å². The van der Waals surface area contributed by atoms with Crippen LogP contribution >= 0.6 is 0 Å². The Morgan fingerprint density at radius 2 is 1.60 bits per heavy atom. The van der Waals surface area contributed by atoms with E-state index >= 15 is 0 Å². The standard InChI is InChI=1S/C15H23N3O2/c1-12(2)13(3)16-8-10-17(11-9-16)14-4-6-15(7-5-14)18(19)20/h4-7,12-13H,8-11H2,1-3H3. The molecule has 1 heterocycles. The zero-order chi connectivity index (χ0) is 14.7. The number of hydrogen-bond donors (Lipinski definition) is 0. The van der Waals surface area contributed by atoms with Crippen molar-refractivity contribution in [3.8, 4) is 0 Å². The Balaban J connectivity index is 1.95. The molecule has 0 N–H and O–H groups in total.